The monoisotopic (exact) mass is 298 g/mol. The molecule has 0 fully saturated rings. The van der Waals surface area contributed by atoms with Crippen molar-refractivity contribution in [3.63, 3.8) is 0 Å². The van der Waals surface area contributed by atoms with Crippen LogP contribution in [0.15, 0.2) is 18.2 Å². The largest absolute Gasteiger partial charge is 0.465 e. The van der Waals surface area contributed by atoms with E-state index in [4.69, 9.17) is 11.6 Å². The SMILES string of the molecule is COC(=O)c1cc(NC(=O)NCCC(C)C)ccc1Cl. The molecular weight excluding hydrogens is 280 g/mol. The van der Waals surface area contributed by atoms with Gasteiger partial charge in [0.15, 0.2) is 0 Å². The number of carbonyl (C=O) groups is 2. The first-order valence-electron chi connectivity index (χ1n) is 6.36. The van der Waals surface area contributed by atoms with Gasteiger partial charge < -0.3 is 15.4 Å². The first-order chi connectivity index (χ1) is 9.43. The minimum Gasteiger partial charge on any atom is -0.465 e. The summed E-state index contributed by atoms with van der Waals surface area (Å²) in [7, 11) is 1.28. The molecule has 0 bridgehead atoms. The van der Waals surface area contributed by atoms with Gasteiger partial charge >= 0.3 is 12.0 Å². The second-order valence-electron chi connectivity index (χ2n) is 4.75. The second-order valence-corrected chi connectivity index (χ2v) is 5.16. The van der Waals surface area contributed by atoms with E-state index in [-0.39, 0.29) is 16.6 Å². The third-order valence-electron chi connectivity index (χ3n) is 2.64. The molecule has 0 aliphatic rings. The number of esters is 1. The van der Waals surface area contributed by atoms with Crippen LogP contribution in [0.4, 0.5) is 10.5 Å². The number of carbonyl (C=O) groups excluding carboxylic acids is 2. The fraction of sp³-hybridized carbons (Fsp3) is 0.429. The number of ether oxygens (including phenoxy) is 1. The van der Waals surface area contributed by atoms with Crippen LogP contribution >= 0.6 is 11.6 Å². The van der Waals surface area contributed by atoms with Gasteiger partial charge in [0.25, 0.3) is 0 Å². The highest BCUT2D eigenvalue weighted by molar-refractivity contribution is 6.33. The van der Waals surface area contributed by atoms with Crippen molar-refractivity contribution < 1.29 is 14.3 Å². The maximum atomic E-state index is 11.7. The van der Waals surface area contributed by atoms with Crippen molar-refractivity contribution in [2.45, 2.75) is 20.3 Å². The molecule has 1 aromatic carbocycles. The summed E-state index contributed by atoms with van der Waals surface area (Å²) in [6.07, 6.45) is 0.904. The van der Waals surface area contributed by atoms with Gasteiger partial charge in [0.2, 0.25) is 0 Å². The minimum atomic E-state index is -0.543. The Morgan fingerprint density at radius 1 is 1.35 bits per heavy atom. The Hall–Kier alpha value is -1.75. The zero-order chi connectivity index (χ0) is 15.1. The maximum Gasteiger partial charge on any atom is 0.339 e. The lowest BCUT2D eigenvalue weighted by molar-refractivity contribution is 0.0601. The molecule has 0 saturated carbocycles. The van der Waals surface area contributed by atoms with Crippen molar-refractivity contribution >= 4 is 29.3 Å². The normalized spacial score (nSPS) is 10.2. The number of anilines is 1. The quantitative estimate of drug-likeness (QED) is 0.820. The molecule has 0 saturated heterocycles. The van der Waals surface area contributed by atoms with E-state index in [0.717, 1.165) is 6.42 Å². The molecule has 0 spiro atoms. The molecule has 5 nitrogen and oxygen atoms in total. The van der Waals surface area contributed by atoms with Crippen LogP contribution in [0.25, 0.3) is 0 Å². The molecule has 0 unspecified atom stereocenters. The van der Waals surface area contributed by atoms with Gasteiger partial charge in [-0.3, -0.25) is 0 Å². The van der Waals surface area contributed by atoms with Gasteiger partial charge in [-0.2, -0.15) is 0 Å². The molecule has 110 valence electrons. The Morgan fingerprint density at radius 2 is 2.05 bits per heavy atom. The van der Waals surface area contributed by atoms with Gasteiger partial charge in [-0.05, 0) is 30.5 Å². The fourth-order valence-electron chi connectivity index (χ4n) is 1.52. The Balaban J connectivity index is 2.64. The van der Waals surface area contributed by atoms with E-state index in [0.29, 0.717) is 18.2 Å². The predicted octanol–water partition coefficient (Wildman–Crippen LogP) is 3.29. The number of benzene rings is 1. The van der Waals surface area contributed by atoms with Crippen molar-refractivity contribution in [3.05, 3.63) is 28.8 Å². The molecule has 2 N–H and O–H groups in total. The van der Waals surface area contributed by atoms with Crippen LogP contribution < -0.4 is 10.6 Å². The van der Waals surface area contributed by atoms with Gasteiger partial charge in [-0.15, -0.1) is 0 Å². The molecule has 1 aromatic rings. The van der Waals surface area contributed by atoms with E-state index in [1.165, 1.54) is 19.2 Å². The van der Waals surface area contributed by atoms with Gasteiger partial charge in [0.05, 0.1) is 17.7 Å². The highest BCUT2D eigenvalue weighted by Gasteiger charge is 2.12. The van der Waals surface area contributed by atoms with Crippen LogP contribution in [-0.2, 0) is 4.74 Å². The van der Waals surface area contributed by atoms with E-state index in [1.54, 1.807) is 6.07 Å². The number of amides is 2. The second kappa shape index (κ2) is 7.75. The van der Waals surface area contributed by atoms with Crippen molar-refractivity contribution in [2.75, 3.05) is 19.0 Å². The first kappa shape index (κ1) is 16.3. The molecule has 0 aliphatic carbocycles. The summed E-state index contributed by atoms with van der Waals surface area (Å²) in [4.78, 5) is 23.1. The summed E-state index contributed by atoms with van der Waals surface area (Å²) in [6.45, 7) is 4.77. The summed E-state index contributed by atoms with van der Waals surface area (Å²) in [5.41, 5.74) is 0.700. The molecule has 1 rings (SSSR count). The van der Waals surface area contributed by atoms with Gasteiger partial charge in [0.1, 0.15) is 0 Å². The zero-order valence-electron chi connectivity index (χ0n) is 11.8. The van der Waals surface area contributed by atoms with Crippen molar-refractivity contribution in [1.82, 2.24) is 5.32 Å². The topological polar surface area (TPSA) is 67.4 Å². The van der Waals surface area contributed by atoms with Crippen LogP contribution in [0.2, 0.25) is 5.02 Å². The Kier molecular flexibility index (Phi) is 6.31. The van der Waals surface area contributed by atoms with Gasteiger partial charge in [-0.1, -0.05) is 25.4 Å². The van der Waals surface area contributed by atoms with Crippen LogP contribution in [0, 0.1) is 5.92 Å². The van der Waals surface area contributed by atoms with Crippen LogP contribution in [-0.4, -0.2) is 25.7 Å². The number of hydrogen-bond acceptors (Lipinski definition) is 3. The molecule has 0 atom stereocenters. The zero-order valence-corrected chi connectivity index (χ0v) is 12.6. The van der Waals surface area contributed by atoms with Gasteiger partial charge in [-0.25, -0.2) is 9.59 Å². The Bertz CT molecular complexity index is 489. The summed E-state index contributed by atoms with van der Waals surface area (Å²) < 4.78 is 4.62. The number of rotatable bonds is 5. The molecular formula is C14H19ClN2O3. The smallest absolute Gasteiger partial charge is 0.339 e. The number of urea groups is 1. The third kappa shape index (κ3) is 5.09. The summed E-state index contributed by atoms with van der Waals surface area (Å²) in [5.74, 6) is -0.0179. The molecule has 2 amide bonds. The molecule has 0 aromatic heterocycles. The van der Waals surface area contributed by atoms with Crippen LogP contribution in [0.3, 0.4) is 0 Å². The fourth-order valence-corrected chi connectivity index (χ4v) is 1.71. The average molecular weight is 299 g/mol. The van der Waals surface area contributed by atoms with E-state index < -0.39 is 5.97 Å². The van der Waals surface area contributed by atoms with Crippen molar-refractivity contribution in [2.24, 2.45) is 5.92 Å². The third-order valence-corrected chi connectivity index (χ3v) is 2.97. The van der Waals surface area contributed by atoms with E-state index in [9.17, 15) is 9.59 Å². The number of halogens is 1. The summed E-state index contributed by atoms with van der Waals surface area (Å²) in [6, 6.07) is 4.33. The molecule has 0 aliphatic heterocycles. The number of methoxy groups -OCH3 is 1. The van der Waals surface area contributed by atoms with Gasteiger partial charge in [0, 0.05) is 12.2 Å². The molecule has 0 radical (unpaired) electrons. The van der Waals surface area contributed by atoms with E-state index >= 15 is 0 Å². The predicted molar refractivity (Wildman–Crippen MR) is 79.3 cm³/mol. The Labute approximate surface area is 123 Å². The maximum absolute atomic E-state index is 11.7. The van der Waals surface area contributed by atoms with Crippen LogP contribution in [0.1, 0.15) is 30.6 Å². The van der Waals surface area contributed by atoms with Crippen molar-refractivity contribution in [3.8, 4) is 0 Å². The number of hydrogen-bond donors (Lipinski definition) is 2. The van der Waals surface area contributed by atoms with Crippen LogP contribution in [0.5, 0.6) is 0 Å². The molecule has 20 heavy (non-hydrogen) atoms. The van der Waals surface area contributed by atoms with E-state index in [1.807, 2.05) is 0 Å². The first-order valence-corrected chi connectivity index (χ1v) is 6.74. The Morgan fingerprint density at radius 3 is 2.65 bits per heavy atom. The average Bonchev–Trinajstić information content (AvgIpc) is 2.39. The molecule has 6 heteroatoms. The lowest BCUT2D eigenvalue weighted by Crippen LogP contribution is -2.30. The molecule has 0 heterocycles. The minimum absolute atomic E-state index is 0.217. The highest BCUT2D eigenvalue weighted by atomic mass is 35.5. The lowest BCUT2D eigenvalue weighted by Gasteiger charge is -2.10. The highest BCUT2D eigenvalue weighted by Crippen LogP contribution is 2.21. The standard InChI is InChI=1S/C14H19ClN2O3/c1-9(2)6-7-16-14(19)17-10-4-5-12(15)11(8-10)13(18)20-3/h4-5,8-9H,6-7H2,1-3H3,(H2,16,17,19). The number of nitrogens with one attached hydrogen (secondary N) is 2. The van der Waals surface area contributed by atoms with E-state index in [2.05, 4.69) is 29.2 Å². The summed E-state index contributed by atoms with van der Waals surface area (Å²) in [5, 5.41) is 5.67. The lowest BCUT2D eigenvalue weighted by atomic mass is 10.1. The summed E-state index contributed by atoms with van der Waals surface area (Å²) >= 11 is 5.90. The van der Waals surface area contributed by atoms with Crippen molar-refractivity contribution in [1.29, 1.82) is 0 Å².